The summed E-state index contributed by atoms with van der Waals surface area (Å²) in [5.41, 5.74) is 0. The molecule has 0 fully saturated rings. The first-order valence-corrected chi connectivity index (χ1v) is 3.90. The van der Waals surface area contributed by atoms with Crippen molar-refractivity contribution in [1.29, 1.82) is 0 Å². The van der Waals surface area contributed by atoms with Gasteiger partial charge in [0, 0.05) is 19.8 Å². The van der Waals surface area contributed by atoms with Crippen LogP contribution >= 0.6 is 0 Å². The van der Waals surface area contributed by atoms with E-state index in [-0.39, 0.29) is 12.8 Å². The molecule has 0 aliphatic heterocycles. The average molecular weight is 208 g/mol. The maximum Gasteiger partial charge on any atom is 0.303 e. The molecule has 6 nitrogen and oxygen atoms in total. The molecule has 0 aromatic carbocycles. The van der Waals surface area contributed by atoms with Gasteiger partial charge in [-0.25, -0.2) is 0 Å². The van der Waals surface area contributed by atoms with E-state index in [4.69, 9.17) is 20.1 Å². The second-order valence-electron chi connectivity index (χ2n) is 2.01. The predicted molar refractivity (Wildman–Crippen MR) is 49.2 cm³/mol. The number of aliphatic carboxylic acids is 3. The molecule has 0 rings (SSSR count). The Kier molecular flexibility index (Phi) is 18.2. The van der Waals surface area contributed by atoms with Gasteiger partial charge in [0.1, 0.15) is 0 Å². The van der Waals surface area contributed by atoms with Gasteiger partial charge < -0.3 is 15.3 Å². The van der Waals surface area contributed by atoms with Gasteiger partial charge in [-0.2, -0.15) is 0 Å². The monoisotopic (exact) mass is 208 g/mol. The Labute approximate surface area is 82.2 Å². The lowest BCUT2D eigenvalue weighted by molar-refractivity contribution is -0.137. The molecule has 0 amide bonds. The molecule has 14 heavy (non-hydrogen) atoms. The summed E-state index contributed by atoms with van der Waals surface area (Å²) >= 11 is 0. The van der Waals surface area contributed by atoms with Crippen molar-refractivity contribution in [2.45, 2.75) is 33.6 Å². The van der Waals surface area contributed by atoms with E-state index >= 15 is 0 Å². The Balaban J connectivity index is -0.000000131. The molecule has 0 spiro atoms. The molecular weight excluding hydrogens is 192 g/mol. The Morgan fingerprint density at radius 3 is 0.929 bits per heavy atom. The van der Waals surface area contributed by atoms with Crippen LogP contribution in [0.25, 0.3) is 0 Å². The summed E-state index contributed by atoms with van der Waals surface area (Å²) in [6, 6.07) is 0. The van der Waals surface area contributed by atoms with E-state index in [9.17, 15) is 9.59 Å². The van der Waals surface area contributed by atoms with Crippen LogP contribution in [-0.4, -0.2) is 33.2 Å². The number of carboxylic acid groups (broad SMARTS) is 3. The molecule has 3 N–H and O–H groups in total. The van der Waals surface area contributed by atoms with Gasteiger partial charge in [-0.1, -0.05) is 13.8 Å². The molecule has 0 radical (unpaired) electrons. The summed E-state index contributed by atoms with van der Waals surface area (Å²) in [6.07, 6.45) is 0.444. The predicted octanol–water partition coefficient (Wildman–Crippen LogP) is 1.05. The molecule has 0 aliphatic carbocycles. The van der Waals surface area contributed by atoms with E-state index in [1.165, 1.54) is 0 Å². The van der Waals surface area contributed by atoms with Crippen LogP contribution in [0.5, 0.6) is 0 Å². The minimum Gasteiger partial charge on any atom is -0.481 e. The van der Waals surface area contributed by atoms with Crippen molar-refractivity contribution in [2.24, 2.45) is 0 Å². The minimum atomic E-state index is -0.833. The number of hydrogen-bond donors (Lipinski definition) is 3. The standard InChI is InChI=1S/2C3H6O2.C2H4O2/c2*1-2-3(4)5;1-2(3)4/h2*2H2,1H3,(H,4,5);1H3,(H,3,4). The fraction of sp³-hybridized carbons (Fsp3) is 0.625. The summed E-state index contributed by atoms with van der Waals surface area (Å²) in [6.45, 7) is 4.28. The fourth-order valence-corrected chi connectivity index (χ4v) is 0. The molecule has 0 saturated carbocycles. The highest BCUT2D eigenvalue weighted by Gasteiger charge is 1.81. The van der Waals surface area contributed by atoms with Crippen molar-refractivity contribution in [3.63, 3.8) is 0 Å². The summed E-state index contributed by atoms with van der Waals surface area (Å²) in [5.74, 6) is -2.32. The van der Waals surface area contributed by atoms with Gasteiger partial charge in [-0.15, -0.1) is 0 Å². The van der Waals surface area contributed by atoms with Gasteiger partial charge in [0.05, 0.1) is 0 Å². The molecule has 0 aromatic rings. The molecular formula is C8H16O6. The first-order chi connectivity index (χ1) is 6.27. The van der Waals surface area contributed by atoms with Gasteiger partial charge >= 0.3 is 11.9 Å². The Morgan fingerprint density at radius 2 is 0.929 bits per heavy atom. The van der Waals surface area contributed by atoms with E-state index in [0.29, 0.717) is 0 Å². The third kappa shape index (κ3) is 159. The largest absolute Gasteiger partial charge is 0.481 e. The molecule has 0 atom stereocenters. The minimum absolute atomic E-state index is 0.222. The van der Waals surface area contributed by atoms with Crippen molar-refractivity contribution >= 4 is 17.9 Å². The molecule has 0 unspecified atom stereocenters. The highest BCUT2D eigenvalue weighted by atomic mass is 16.4. The van der Waals surface area contributed by atoms with Crippen LogP contribution in [0.1, 0.15) is 33.6 Å². The molecule has 0 bridgehead atoms. The maximum atomic E-state index is 9.37. The van der Waals surface area contributed by atoms with E-state index in [0.717, 1.165) is 6.92 Å². The van der Waals surface area contributed by atoms with Gasteiger partial charge in [-0.05, 0) is 0 Å². The Hall–Kier alpha value is -1.59. The second-order valence-corrected chi connectivity index (χ2v) is 2.01. The first-order valence-electron chi connectivity index (χ1n) is 3.90. The van der Waals surface area contributed by atoms with Crippen molar-refractivity contribution in [1.82, 2.24) is 0 Å². The number of hydrogen-bond acceptors (Lipinski definition) is 3. The van der Waals surface area contributed by atoms with E-state index in [1.54, 1.807) is 13.8 Å². The maximum absolute atomic E-state index is 9.37. The first kappa shape index (κ1) is 18.2. The number of carboxylic acids is 3. The topological polar surface area (TPSA) is 112 Å². The third-order valence-electron chi connectivity index (χ3n) is 0.605. The molecule has 0 heterocycles. The summed E-state index contributed by atoms with van der Waals surface area (Å²) in [7, 11) is 0. The molecule has 6 heteroatoms. The zero-order chi connectivity index (χ0) is 12.1. The zero-order valence-corrected chi connectivity index (χ0v) is 8.48. The van der Waals surface area contributed by atoms with Crippen molar-refractivity contribution in [3.05, 3.63) is 0 Å². The van der Waals surface area contributed by atoms with E-state index in [2.05, 4.69) is 0 Å². The lowest BCUT2D eigenvalue weighted by atomic mass is 10.5. The Bertz CT molecular complexity index is 157. The molecule has 0 aliphatic rings. The van der Waals surface area contributed by atoms with Crippen LogP contribution in [0.2, 0.25) is 0 Å². The van der Waals surface area contributed by atoms with E-state index < -0.39 is 17.9 Å². The van der Waals surface area contributed by atoms with Crippen molar-refractivity contribution in [3.8, 4) is 0 Å². The SMILES string of the molecule is CC(=O)O.CCC(=O)O.CCC(=O)O. The second kappa shape index (κ2) is 14.0. The summed E-state index contributed by atoms with van der Waals surface area (Å²) < 4.78 is 0. The molecule has 0 saturated heterocycles. The highest BCUT2D eigenvalue weighted by molar-refractivity contribution is 5.66. The van der Waals surface area contributed by atoms with Crippen LogP contribution in [0, 0.1) is 0 Å². The summed E-state index contributed by atoms with van der Waals surface area (Å²) in [5, 5.41) is 22.9. The number of carbonyl (C=O) groups is 3. The number of rotatable bonds is 2. The third-order valence-corrected chi connectivity index (χ3v) is 0.605. The van der Waals surface area contributed by atoms with Crippen LogP contribution < -0.4 is 0 Å². The smallest absolute Gasteiger partial charge is 0.303 e. The normalized spacial score (nSPS) is 7.07. The van der Waals surface area contributed by atoms with E-state index in [1.807, 2.05) is 0 Å². The van der Waals surface area contributed by atoms with Gasteiger partial charge in [0.15, 0.2) is 0 Å². The van der Waals surface area contributed by atoms with Gasteiger partial charge in [-0.3, -0.25) is 14.4 Å². The molecule has 84 valence electrons. The highest BCUT2D eigenvalue weighted by Crippen LogP contribution is 1.67. The van der Waals surface area contributed by atoms with Gasteiger partial charge in [0.2, 0.25) is 0 Å². The van der Waals surface area contributed by atoms with Crippen molar-refractivity contribution in [2.75, 3.05) is 0 Å². The lowest BCUT2D eigenvalue weighted by Crippen LogP contribution is -1.86. The van der Waals surface area contributed by atoms with Crippen LogP contribution in [0.4, 0.5) is 0 Å². The van der Waals surface area contributed by atoms with Crippen LogP contribution in [0.3, 0.4) is 0 Å². The molecule has 0 aromatic heterocycles. The van der Waals surface area contributed by atoms with Crippen LogP contribution in [0.15, 0.2) is 0 Å². The summed E-state index contributed by atoms with van der Waals surface area (Å²) in [4.78, 5) is 27.7. The van der Waals surface area contributed by atoms with Crippen LogP contribution in [-0.2, 0) is 14.4 Å². The Morgan fingerprint density at radius 1 is 0.857 bits per heavy atom. The average Bonchev–Trinajstić information content (AvgIpc) is 2.04. The fourth-order valence-electron chi connectivity index (χ4n) is 0. The van der Waals surface area contributed by atoms with Gasteiger partial charge in [0.25, 0.3) is 5.97 Å². The quantitative estimate of drug-likeness (QED) is 0.625. The lowest BCUT2D eigenvalue weighted by Gasteiger charge is -1.71. The van der Waals surface area contributed by atoms with Crippen molar-refractivity contribution < 1.29 is 29.7 Å². The zero-order valence-electron chi connectivity index (χ0n) is 8.48.